The van der Waals surface area contributed by atoms with E-state index in [4.69, 9.17) is 0 Å². The maximum Gasteiger partial charge on any atom is 0.220 e. The molecule has 1 saturated heterocycles. The number of piperazine rings is 1. The molecule has 2 aliphatic heterocycles. The number of nitrogens with zero attached hydrogens (tertiary/aromatic N) is 2. The zero-order chi connectivity index (χ0) is 26.0. The first-order valence-electron chi connectivity index (χ1n) is 12.7. The number of carbonyl (C=O) groups excluding carboxylic acids is 1. The first-order chi connectivity index (χ1) is 17.8. The summed E-state index contributed by atoms with van der Waals surface area (Å²) in [6.45, 7) is 6.25. The molecule has 5 rings (SSSR count). The van der Waals surface area contributed by atoms with Crippen LogP contribution in [0.25, 0.3) is 0 Å². The molecule has 1 fully saturated rings. The van der Waals surface area contributed by atoms with Crippen LogP contribution >= 0.6 is 0 Å². The van der Waals surface area contributed by atoms with Crippen LogP contribution in [-0.4, -0.2) is 51.9 Å². The predicted octanol–water partition coefficient (Wildman–Crippen LogP) is 4.23. The molecule has 0 spiro atoms. The molecule has 3 aromatic rings. The van der Waals surface area contributed by atoms with Crippen molar-refractivity contribution in [3.63, 3.8) is 0 Å². The van der Waals surface area contributed by atoms with Gasteiger partial charge in [0.1, 0.15) is 5.82 Å². The molecule has 2 aliphatic rings. The third-order valence-electron chi connectivity index (χ3n) is 7.27. The summed E-state index contributed by atoms with van der Waals surface area (Å²) in [4.78, 5) is 18.0. The Morgan fingerprint density at radius 2 is 1.70 bits per heavy atom. The number of aryl methyl sites for hydroxylation is 1. The standard InChI is InChI=1S/C29H32FN3O3S/c1-21-8-13-27-26(19-21)29(25-6-3-2-5-22(25)20-37(27,35)36)31-28(34)7-4-14-32-15-17-33(18-16-32)24-11-9-23(30)10-12-24/h2-3,5-6,8-13,19,29H,4,7,14-18,20H2,1H3,(H,31,34). The molecule has 1 atom stereocenters. The number of nitrogens with one attached hydrogen (secondary N) is 1. The first-order valence-corrected chi connectivity index (χ1v) is 14.4. The average Bonchev–Trinajstić information content (AvgIpc) is 2.96. The van der Waals surface area contributed by atoms with Crippen LogP contribution in [0.15, 0.2) is 71.6 Å². The van der Waals surface area contributed by atoms with E-state index in [2.05, 4.69) is 15.1 Å². The third kappa shape index (κ3) is 5.70. The predicted molar refractivity (Wildman–Crippen MR) is 143 cm³/mol. The van der Waals surface area contributed by atoms with Crippen LogP contribution in [0.4, 0.5) is 10.1 Å². The Morgan fingerprint density at radius 1 is 0.973 bits per heavy atom. The van der Waals surface area contributed by atoms with Gasteiger partial charge in [-0.1, -0.05) is 42.0 Å². The highest BCUT2D eigenvalue weighted by atomic mass is 32.2. The van der Waals surface area contributed by atoms with Crippen molar-refractivity contribution in [3.8, 4) is 0 Å². The SMILES string of the molecule is Cc1ccc2c(c1)C(NC(=O)CCCN1CCN(c3ccc(F)cc3)CC1)c1ccccc1CS2(=O)=O. The summed E-state index contributed by atoms with van der Waals surface area (Å²) in [5, 5.41) is 3.15. The number of hydrogen-bond acceptors (Lipinski definition) is 5. The van der Waals surface area contributed by atoms with Crippen LogP contribution in [0.5, 0.6) is 0 Å². The van der Waals surface area contributed by atoms with Crippen molar-refractivity contribution >= 4 is 21.4 Å². The fourth-order valence-electron chi connectivity index (χ4n) is 5.31. The molecule has 1 amide bonds. The second-order valence-corrected chi connectivity index (χ2v) is 11.9. The molecule has 2 heterocycles. The summed E-state index contributed by atoms with van der Waals surface area (Å²) in [5.74, 6) is -0.389. The van der Waals surface area contributed by atoms with Crippen LogP contribution in [0, 0.1) is 12.7 Å². The number of hydrogen-bond donors (Lipinski definition) is 1. The molecule has 194 valence electrons. The monoisotopic (exact) mass is 521 g/mol. The molecule has 0 saturated carbocycles. The Bertz CT molecular complexity index is 1380. The second-order valence-electron chi connectivity index (χ2n) is 9.91. The van der Waals surface area contributed by atoms with Gasteiger partial charge in [-0.25, -0.2) is 12.8 Å². The summed E-state index contributed by atoms with van der Waals surface area (Å²) in [5.41, 5.74) is 4.17. The highest BCUT2D eigenvalue weighted by Crippen LogP contribution is 2.36. The molecule has 37 heavy (non-hydrogen) atoms. The zero-order valence-electron chi connectivity index (χ0n) is 21.0. The van der Waals surface area contributed by atoms with E-state index < -0.39 is 15.9 Å². The van der Waals surface area contributed by atoms with Crippen molar-refractivity contribution in [1.82, 2.24) is 10.2 Å². The molecule has 1 unspecified atom stereocenters. The third-order valence-corrected chi connectivity index (χ3v) is 9.00. The van der Waals surface area contributed by atoms with Gasteiger partial charge in [0, 0.05) is 38.3 Å². The molecule has 0 aromatic heterocycles. The first kappa shape index (κ1) is 25.4. The lowest BCUT2D eigenvalue weighted by Gasteiger charge is -2.36. The van der Waals surface area contributed by atoms with E-state index >= 15 is 0 Å². The normalized spacial score (nSPS) is 19.0. The Hall–Kier alpha value is -3.23. The van der Waals surface area contributed by atoms with Crippen LogP contribution in [-0.2, 0) is 20.4 Å². The molecule has 6 nitrogen and oxygen atoms in total. The molecule has 0 radical (unpaired) electrons. The van der Waals surface area contributed by atoms with E-state index in [0.29, 0.717) is 16.9 Å². The van der Waals surface area contributed by atoms with Crippen molar-refractivity contribution in [2.45, 2.75) is 36.5 Å². The molecule has 0 bridgehead atoms. The molecule has 0 aliphatic carbocycles. The topological polar surface area (TPSA) is 69.7 Å². The van der Waals surface area contributed by atoms with Gasteiger partial charge in [0.2, 0.25) is 5.91 Å². The van der Waals surface area contributed by atoms with Crippen molar-refractivity contribution in [3.05, 3.63) is 94.8 Å². The van der Waals surface area contributed by atoms with Gasteiger partial charge in [-0.3, -0.25) is 9.69 Å². The fraction of sp³-hybridized carbons (Fsp3) is 0.345. The second kappa shape index (κ2) is 10.6. The van der Waals surface area contributed by atoms with E-state index in [1.54, 1.807) is 12.1 Å². The van der Waals surface area contributed by atoms with E-state index in [1.165, 1.54) is 12.1 Å². The molecular formula is C29H32FN3O3S. The van der Waals surface area contributed by atoms with Gasteiger partial charge in [0.05, 0.1) is 16.7 Å². The summed E-state index contributed by atoms with van der Waals surface area (Å²) < 4.78 is 39.5. The quantitative estimate of drug-likeness (QED) is 0.526. The minimum Gasteiger partial charge on any atom is -0.369 e. The number of halogens is 1. The lowest BCUT2D eigenvalue weighted by molar-refractivity contribution is -0.121. The van der Waals surface area contributed by atoms with E-state index in [-0.39, 0.29) is 17.5 Å². The Balaban J connectivity index is 1.21. The van der Waals surface area contributed by atoms with Crippen LogP contribution in [0.3, 0.4) is 0 Å². The lowest BCUT2D eigenvalue weighted by atomic mass is 9.94. The van der Waals surface area contributed by atoms with Crippen molar-refractivity contribution in [2.75, 3.05) is 37.6 Å². The molecule has 8 heteroatoms. The number of fused-ring (bicyclic) bond motifs is 2. The van der Waals surface area contributed by atoms with Crippen LogP contribution < -0.4 is 10.2 Å². The minimum absolute atomic E-state index is 0.0739. The smallest absolute Gasteiger partial charge is 0.220 e. The van der Waals surface area contributed by atoms with E-state index in [9.17, 15) is 17.6 Å². The summed E-state index contributed by atoms with van der Waals surface area (Å²) in [6.07, 6.45) is 1.08. The van der Waals surface area contributed by atoms with Gasteiger partial charge in [-0.15, -0.1) is 0 Å². The number of amides is 1. The number of rotatable bonds is 6. The van der Waals surface area contributed by atoms with Gasteiger partial charge in [-0.2, -0.15) is 0 Å². The van der Waals surface area contributed by atoms with Gasteiger partial charge < -0.3 is 10.2 Å². The lowest BCUT2D eigenvalue weighted by Crippen LogP contribution is -2.46. The maximum absolute atomic E-state index is 13.2. The fourth-order valence-corrected chi connectivity index (χ4v) is 6.95. The minimum atomic E-state index is -3.52. The van der Waals surface area contributed by atoms with Crippen LogP contribution in [0.2, 0.25) is 0 Å². The Kier molecular flexibility index (Phi) is 7.31. The summed E-state index contributed by atoms with van der Waals surface area (Å²) >= 11 is 0. The maximum atomic E-state index is 13.2. The van der Waals surface area contributed by atoms with Crippen molar-refractivity contribution in [1.29, 1.82) is 0 Å². The number of carbonyl (C=O) groups is 1. The Labute approximate surface area is 218 Å². The summed E-state index contributed by atoms with van der Waals surface area (Å²) in [6, 6.07) is 18.9. The molecule has 1 N–H and O–H groups in total. The van der Waals surface area contributed by atoms with Crippen LogP contribution in [0.1, 0.15) is 41.1 Å². The van der Waals surface area contributed by atoms with Gasteiger partial charge >= 0.3 is 0 Å². The van der Waals surface area contributed by atoms with Gasteiger partial charge in [0.25, 0.3) is 0 Å². The average molecular weight is 522 g/mol. The largest absolute Gasteiger partial charge is 0.369 e. The van der Waals surface area contributed by atoms with E-state index in [0.717, 1.165) is 61.5 Å². The summed E-state index contributed by atoms with van der Waals surface area (Å²) in [7, 11) is -3.52. The van der Waals surface area contributed by atoms with Gasteiger partial charge in [-0.05, 0) is 66.9 Å². The number of anilines is 1. The van der Waals surface area contributed by atoms with Crippen molar-refractivity contribution < 1.29 is 17.6 Å². The number of benzene rings is 3. The number of sulfone groups is 1. The highest BCUT2D eigenvalue weighted by molar-refractivity contribution is 7.90. The molecule has 3 aromatic carbocycles. The van der Waals surface area contributed by atoms with Gasteiger partial charge in [0.15, 0.2) is 9.84 Å². The Morgan fingerprint density at radius 3 is 2.46 bits per heavy atom. The van der Waals surface area contributed by atoms with Crippen molar-refractivity contribution in [2.24, 2.45) is 0 Å². The zero-order valence-corrected chi connectivity index (χ0v) is 21.8. The van der Waals surface area contributed by atoms with E-state index in [1.807, 2.05) is 49.4 Å². The highest BCUT2D eigenvalue weighted by Gasteiger charge is 2.32. The molecular weight excluding hydrogens is 489 g/mol.